The fourth-order valence-electron chi connectivity index (χ4n) is 2.84. The molecule has 2 aliphatic heterocycles. The minimum atomic E-state index is -0.798. The Labute approximate surface area is 119 Å². The van der Waals surface area contributed by atoms with E-state index in [2.05, 4.69) is 5.32 Å². The molecule has 6 nitrogen and oxygen atoms in total. The minimum absolute atomic E-state index is 0.0184. The van der Waals surface area contributed by atoms with Crippen LogP contribution in [0.25, 0.3) is 0 Å². The second kappa shape index (κ2) is 7.59. The molecule has 2 heterocycles. The van der Waals surface area contributed by atoms with E-state index in [0.29, 0.717) is 32.5 Å². The standard InChI is InChI=1S/C14H24N2O4/c17-13(5-9-20-12-3-6-15-7-4-12)16-8-1-2-11(10-16)14(18)19/h11-12,15H,1-10H2,(H,18,19). The van der Waals surface area contributed by atoms with Crippen molar-refractivity contribution in [3.63, 3.8) is 0 Å². The molecule has 20 heavy (non-hydrogen) atoms. The SMILES string of the molecule is O=C(O)C1CCCN(C(=O)CCOC2CCNCC2)C1. The largest absolute Gasteiger partial charge is 0.481 e. The lowest BCUT2D eigenvalue weighted by Gasteiger charge is -2.31. The van der Waals surface area contributed by atoms with Crippen LogP contribution in [0.1, 0.15) is 32.1 Å². The molecule has 0 aromatic carbocycles. The smallest absolute Gasteiger partial charge is 0.308 e. The summed E-state index contributed by atoms with van der Waals surface area (Å²) in [6, 6.07) is 0. The van der Waals surface area contributed by atoms with E-state index < -0.39 is 11.9 Å². The number of piperidine rings is 2. The van der Waals surface area contributed by atoms with Crippen molar-refractivity contribution in [3.8, 4) is 0 Å². The number of nitrogens with zero attached hydrogens (tertiary/aromatic N) is 1. The van der Waals surface area contributed by atoms with Crippen LogP contribution >= 0.6 is 0 Å². The molecule has 2 aliphatic rings. The molecule has 6 heteroatoms. The van der Waals surface area contributed by atoms with Crippen molar-refractivity contribution in [2.45, 2.75) is 38.2 Å². The lowest BCUT2D eigenvalue weighted by Crippen LogP contribution is -2.42. The van der Waals surface area contributed by atoms with Crippen LogP contribution < -0.4 is 5.32 Å². The van der Waals surface area contributed by atoms with Crippen molar-refractivity contribution in [1.82, 2.24) is 10.2 Å². The highest BCUT2D eigenvalue weighted by Crippen LogP contribution is 2.17. The second-order valence-corrected chi connectivity index (χ2v) is 5.59. The van der Waals surface area contributed by atoms with Crippen LogP contribution in [0.2, 0.25) is 0 Å². The van der Waals surface area contributed by atoms with Gasteiger partial charge in [-0.3, -0.25) is 9.59 Å². The third-order valence-electron chi connectivity index (χ3n) is 4.08. The molecule has 1 atom stereocenters. The van der Waals surface area contributed by atoms with Crippen LogP contribution in [0.4, 0.5) is 0 Å². The second-order valence-electron chi connectivity index (χ2n) is 5.59. The minimum Gasteiger partial charge on any atom is -0.481 e. The molecule has 0 radical (unpaired) electrons. The van der Waals surface area contributed by atoms with E-state index in [0.717, 1.165) is 32.4 Å². The predicted octanol–water partition coefficient (Wildman–Crippen LogP) is 0.468. The quantitative estimate of drug-likeness (QED) is 0.767. The van der Waals surface area contributed by atoms with E-state index in [1.165, 1.54) is 0 Å². The summed E-state index contributed by atoms with van der Waals surface area (Å²) in [6.07, 6.45) is 4.06. The number of amides is 1. The number of carbonyl (C=O) groups excluding carboxylic acids is 1. The first-order valence-electron chi connectivity index (χ1n) is 7.49. The van der Waals surface area contributed by atoms with E-state index in [4.69, 9.17) is 9.84 Å². The molecular formula is C14H24N2O4. The number of hydrogen-bond donors (Lipinski definition) is 2. The van der Waals surface area contributed by atoms with Crippen molar-refractivity contribution in [2.24, 2.45) is 5.92 Å². The number of likely N-dealkylation sites (tertiary alicyclic amines) is 1. The number of nitrogens with one attached hydrogen (secondary N) is 1. The van der Waals surface area contributed by atoms with Crippen molar-refractivity contribution in [2.75, 3.05) is 32.8 Å². The third kappa shape index (κ3) is 4.45. The van der Waals surface area contributed by atoms with Gasteiger partial charge in [0.2, 0.25) is 5.91 Å². The molecule has 0 spiro atoms. The lowest BCUT2D eigenvalue weighted by atomic mass is 9.98. The number of aliphatic carboxylic acids is 1. The molecule has 0 aromatic rings. The van der Waals surface area contributed by atoms with E-state index in [9.17, 15) is 9.59 Å². The van der Waals surface area contributed by atoms with Crippen LogP contribution in [0.15, 0.2) is 0 Å². The molecule has 0 aliphatic carbocycles. The van der Waals surface area contributed by atoms with Gasteiger partial charge in [-0.1, -0.05) is 0 Å². The zero-order valence-electron chi connectivity index (χ0n) is 11.8. The van der Waals surface area contributed by atoms with Gasteiger partial charge in [0, 0.05) is 13.1 Å². The van der Waals surface area contributed by atoms with Gasteiger partial charge in [0.1, 0.15) is 0 Å². The van der Waals surface area contributed by atoms with Crippen LogP contribution in [-0.4, -0.2) is 60.8 Å². The van der Waals surface area contributed by atoms with Crippen molar-refractivity contribution in [3.05, 3.63) is 0 Å². The summed E-state index contributed by atoms with van der Waals surface area (Å²) in [6.45, 7) is 3.42. The Morgan fingerprint density at radius 2 is 2.00 bits per heavy atom. The molecule has 2 fully saturated rings. The van der Waals surface area contributed by atoms with E-state index >= 15 is 0 Å². The van der Waals surface area contributed by atoms with Gasteiger partial charge in [-0.15, -0.1) is 0 Å². The molecule has 0 saturated carbocycles. The maximum atomic E-state index is 12.0. The molecular weight excluding hydrogens is 260 g/mol. The highest BCUT2D eigenvalue weighted by molar-refractivity contribution is 5.78. The first-order valence-corrected chi connectivity index (χ1v) is 7.49. The zero-order chi connectivity index (χ0) is 14.4. The summed E-state index contributed by atoms with van der Waals surface area (Å²) < 4.78 is 5.71. The number of carbonyl (C=O) groups is 2. The molecule has 0 aromatic heterocycles. The summed E-state index contributed by atoms with van der Waals surface area (Å²) in [5.41, 5.74) is 0. The van der Waals surface area contributed by atoms with Crippen LogP contribution in [0, 0.1) is 5.92 Å². The first kappa shape index (κ1) is 15.3. The fraction of sp³-hybridized carbons (Fsp3) is 0.857. The van der Waals surface area contributed by atoms with Gasteiger partial charge in [0.05, 0.1) is 25.0 Å². The number of hydrogen-bond acceptors (Lipinski definition) is 4. The average Bonchev–Trinajstić information content (AvgIpc) is 2.48. The molecule has 2 saturated heterocycles. The molecule has 1 amide bonds. The van der Waals surface area contributed by atoms with Crippen LogP contribution in [0.5, 0.6) is 0 Å². The summed E-state index contributed by atoms with van der Waals surface area (Å²) in [7, 11) is 0. The van der Waals surface area contributed by atoms with Gasteiger partial charge in [0.25, 0.3) is 0 Å². The zero-order valence-corrected chi connectivity index (χ0v) is 11.8. The Hall–Kier alpha value is -1.14. The van der Waals surface area contributed by atoms with Gasteiger partial charge in [-0.25, -0.2) is 0 Å². The predicted molar refractivity (Wildman–Crippen MR) is 73.4 cm³/mol. The van der Waals surface area contributed by atoms with Gasteiger partial charge in [-0.2, -0.15) is 0 Å². The van der Waals surface area contributed by atoms with Gasteiger partial charge < -0.3 is 20.1 Å². The Balaban J connectivity index is 1.67. The molecule has 114 valence electrons. The fourth-order valence-corrected chi connectivity index (χ4v) is 2.84. The normalized spacial score (nSPS) is 24.6. The van der Waals surface area contributed by atoms with Gasteiger partial charge in [0.15, 0.2) is 0 Å². The van der Waals surface area contributed by atoms with E-state index in [1.807, 2.05) is 0 Å². The van der Waals surface area contributed by atoms with Crippen molar-refractivity contribution >= 4 is 11.9 Å². The number of rotatable bonds is 5. The highest BCUT2D eigenvalue weighted by atomic mass is 16.5. The highest BCUT2D eigenvalue weighted by Gasteiger charge is 2.27. The van der Waals surface area contributed by atoms with Crippen LogP contribution in [-0.2, 0) is 14.3 Å². The Kier molecular flexibility index (Phi) is 5.79. The molecule has 2 N–H and O–H groups in total. The van der Waals surface area contributed by atoms with Crippen molar-refractivity contribution < 1.29 is 19.4 Å². The summed E-state index contributed by atoms with van der Waals surface area (Å²) >= 11 is 0. The summed E-state index contributed by atoms with van der Waals surface area (Å²) in [5.74, 6) is -1.18. The average molecular weight is 284 g/mol. The van der Waals surface area contributed by atoms with E-state index in [1.54, 1.807) is 4.90 Å². The van der Waals surface area contributed by atoms with E-state index in [-0.39, 0.29) is 12.0 Å². The van der Waals surface area contributed by atoms with Crippen LogP contribution in [0.3, 0.4) is 0 Å². The Bertz CT molecular complexity index is 342. The van der Waals surface area contributed by atoms with Crippen molar-refractivity contribution in [1.29, 1.82) is 0 Å². The molecule has 1 unspecified atom stereocenters. The summed E-state index contributed by atoms with van der Waals surface area (Å²) in [4.78, 5) is 24.7. The monoisotopic (exact) mass is 284 g/mol. The Morgan fingerprint density at radius 1 is 1.25 bits per heavy atom. The molecule has 2 rings (SSSR count). The summed E-state index contributed by atoms with van der Waals surface area (Å²) in [5, 5.41) is 12.3. The number of carboxylic acids is 1. The lowest BCUT2D eigenvalue weighted by molar-refractivity contribution is -0.146. The first-order chi connectivity index (χ1) is 9.66. The maximum absolute atomic E-state index is 12.0. The van der Waals surface area contributed by atoms with Gasteiger partial charge in [-0.05, 0) is 38.8 Å². The van der Waals surface area contributed by atoms with Gasteiger partial charge >= 0.3 is 5.97 Å². The topological polar surface area (TPSA) is 78.9 Å². The number of ether oxygens (including phenoxy) is 1. The third-order valence-corrected chi connectivity index (χ3v) is 4.08. The Morgan fingerprint density at radius 3 is 2.70 bits per heavy atom. The molecule has 0 bridgehead atoms. The number of carboxylic acid groups (broad SMARTS) is 1. The maximum Gasteiger partial charge on any atom is 0.308 e.